The van der Waals surface area contributed by atoms with E-state index in [1.807, 2.05) is 6.07 Å². The van der Waals surface area contributed by atoms with Gasteiger partial charge in [0.2, 0.25) is 0 Å². The number of hydrogen-bond acceptors (Lipinski definition) is 1. The molecule has 0 amide bonds. The Bertz CT molecular complexity index is 2570. The van der Waals surface area contributed by atoms with Crippen molar-refractivity contribution in [2.45, 2.75) is 0 Å². The minimum absolute atomic E-state index is 1.07. The first-order valence-corrected chi connectivity index (χ1v) is 17.1. The zero-order valence-corrected chi connectivity index (χ0v) is 27.5. The maximum atomic E-state index is 3.65. The molecule has 0 bridgehead atoms. The third-order valence-electron chi connectivity index (χ3n) is 9.60. The van der Waals surface area contributed by atoms with Gasteiger partial charge in [-0.05, 0) is 93.5 Å². The molecule has 2 heteroatoms. The topological polar surface area (TPSA) is 17.0 Å². The van der Waals surface area contributed by atoms with E-state index in [9.17, 15) is 0 Å². The van der Waals surface area contributed by atoms with Gasteiger partial charge in [0.25, 0.3) is 0 Å². The van der Waals surface area contributed by atoms with Gasteiger partial charge in [-0.3, -0.25) is 0 Å². The highest BCUT2D eigenvalue weighted by atomic mass is 15.0. The molecule has 8 aromatic carbocycles. The molecule has 0 fully saturated rings. The summed E-state index contributed by atoms with van der Waals surface area (Å²) in [5.74, 6) is 0. The normalized spacial score (nSPS) is 11.2. The average molecular weight is 639 g/mol. The molecule has 0 aliphatic heterocycles. The van der Waals surface area contributed by atoms with E-state index in [1.54, 1.807) is 0 Å². The highest BCUT2D eigenvalue weighted by Crippen LogP contribution is 2.39. The number of anilines is 2. The Labute approximate surface area is 292 Å². The summed E-state index contributed by atoms with van der Waals surface area (Å²) < 4.78 is 2.41. The minimum Gasteiger partial charge on any atom is -0.355 e. The Hall–Kier alpha value is -6.64. The van der Waals surface area contributed by atoms with Crippen molar-refractivity contribution in [3.63, 3.8) is 0 Å². The van der Waals surface area contributed by atoms with E-state index in [2.05, 4.69) is 204 Å². The van der Waals surface area contributed by atoms with E-state index < -0.39 is 0 Å². The third-order valence-corrected chi connectivity index (χ3v) is 9.60. The molecular formula is C48H34N2. The molecule has 1 aromatic heterocycles. The molecule has 236 valence electrons. The lowest BCUT2D eigenvalue weighted by molar-refractivity contribution is 1.18. The number of hydrogen-bond donors (Lipinski definition) is 1. The fourth-order valence-electron chi connectivity index (χ4n) is 7.09. The standard InChI is InChI=1S/C48H34N2/c1-5-13-34(14-6-1)36-21-26-42(27-22-36)50-47-30-25-39(32-45(47)43-28-23-40(33-48(43)50)35-15-7-2-8-16-35)38-24-29-46(49-41-19-11-4-12-20-41)44(31-38)37-17-9-3-10-18-37/h1-33,49H. The van der Waals surface area contributed by atoms with E-state index in [4.69, 9.17) is 0 Å². The lowest BCUT2D eigenvalue weighted by atomic mass is 9.96. The molecule has 0 aliphatic carbocycles. The predicted octanol–water partition coefficient (Wildman–Crippen LogP) is 13.2. The molecule has 1 heterocycles. The SMILES string of the molecule is c1ccc(Nc2ccc(-c3ccc4c(c3)c3ccc(-c5ccccc5)cc3n4-c3ccc(-c4ccccc4)cc3)cc2-c2ccccc2)cc1. The highest BCUT2D eigenvalue weighted by molar-refractivity contribution is 6.11. The average Bonchev–Trinajstić information content (AvgIpc) is 3.52. The van der Waals surface area contributed by atoms with Crippen LogP contribution >= 0.6 is 0 Å². The number of benzene rings is 8. The van der Waals surface area contributed by atoms with Crippen LogP contribution in [0.25, 0.3) is 72.0 Å². The smallest absolute Gasteiger partial charge is 0.0547 e. The van der Waals surface area contributed by atoms with Gasteiger partial charge in [0.1, 0.15) is 0 Å². The molecule has 9 rings (SSSR count). The van der Waals surface area contributed by atoms with Gasteiger partial charge in [-0.25, -0.2) is 0 Å². The molecule has 0 radical (unpaired) electrons. The predicted molar refractivity (Wildman–Crippen MR) is 212 cm³/mol. The van der Waals surface area contributed by atoms with Crippen LogP contribution in [-0.2, 0) is 0 Å². The molecule has 0 saturated carbocycles. The number of nitrogens with zero attached hydrogens (tertiary/aromatic N) is 1. The molecule has 0 spiro atoms. The summed E-state index contributed by atoms with van der Waals surface area (Å²) in [5, 5.41) is 6.12. The lowest BCUT2D eigenvalue weighted by Crippen LogP contribution is -1.95. The first-order chi connectivity index (χ1) is 24.8. The van der Waals surface area contributed by atoms with Crippen molar-refractivity contribution in [3.05, 3.63) is 200 Å². The van der Waals surface area contributed by atoms with Crippen molar-refractivity contribution >= 4 is 33.2 Å². The van der Waals surface area contributed by atoms with Gasteiger partial charge in [-0.1, -0.05) is 146 Å². The Morgan fingerprint density at radius 2 is 0.820 bits per heavy atom. The highest BCUT2D eigenvalue weighted by Gasteiger charge is 2.16. The van der Waals surface area contributed by atoms with Crippen molar-refractivity contribution in [1.29, 1.82) is 0 Å². The van der Waals surface area contributed by atoms with Gasteiger partial charge < -0.3 is 9.88 Å². The number of nitrogens with one attached hydrogen (secondary N) is 1. The van der Waals surface area contributed by atoms with E-state index in [0.29, 0.717) is 0 Å². The van der Waals surface area contributed by atoms with Crippen LogP contribution < -0.4 is 5.32 Å². The second-order valence-corrected chi connectivity index (χ2v) is 12.7. The molecular weight excluding hydrogens is 605 g/mol. The van der Waals surface area contributed by atoms with Crippen LogP contribution in [0.4, 0.5) is 11.4 Å². The number of fused-ring (bicyclic) bond motifs is 3. The van der Waals surface area contributed by atoms with Gasteiger partial charge in [0.05, 0.1) is 11.0 Å². The van der Waals surface area contributed by atoms with Crippen molar-refractivity contribution in [1.82, 2.24) is 4.57 Å². The number of para-hydroxylation sites is 1. The van der Waals surface area contributed by atoms with Crippen molar-refractivity contribution in [3.8, 4) is 50.2 Å². The third kappa shape index (κ3) is 5.53. The van der Waals surface area contributed by atoms with Gasteiger partial charge in [-0.2, -0.15) is 0 Å². The molecule has 2 nitrogen and oxygen atoms in total. The summed E-state index contributed by atoms with van der Waals surface area (Å²) in [7, 11) is 0. The lowest BCUT2D eigenvalue weighted by Gasteiger charge is -2.15. The Kier molecular flexibility index (Phi) is 7.53. The first-order valence-electron chi connectivity index (χ1n) is 17.1. The Morgan fingerprint density at radius 1 is 0.320 bits per heavy atom. The van der Waals surface area contributed by atoms with Crippen LogP contribution in [0, 0.1) is 0 Å². The summed E-state index contributed by atoms with van der Waals surface area (Å²) in [6.45, 7) is 0. The molecule has 0 saturated heterocycles. The summed E-state index contributed by atoms with van der Waals surface area (Å²) >= 11 is 0. The van der Waals surface area contributed by atoms with Gasteiger partial charge in [0, 0.05) is 33.4 Å². The molecule has 0 atom stereocenters. The Morgan fingerprint density at radius 3 is 1.50 bits per heavy atom. The molecule has 0 unspecified atom stereocenters. The van der Waals surface area contributed by atoms with E-state index in [0.717, 1.165) is 17.1 Å². The zero-order valence-electron chi connectivity index (χ0n) is 27.5. The monoisotopic (exact) mass is 638 g/mol. The van der Waals surface area contributed by atoms with Crippen molar-refractivity contribution in [2.75, 3.05) is 5.32 Å². The fourth-order valence-corrected chi connectivity index (χ4v) is 7.09. The number of rotatable bonds is 7. The molecule has 0 aliphatic rings. The van der Waals surface area contributed by atoms with Gasteiger partial charge in [-0.15, -0.1) is 0 Å². The van der Waals surface area contributed by atoms with Crippen LogP contribution in [0.15, 0.2) is 200 Å². The maximum absolute atomic E-state index is 3.65. The van der Waals surface area contributed by atoms with Crippen LogP contribution in [0.2, 0.25) is 0 Å². The van der Waals surface area contributed by atoms with Crippen LogP contribution in [0.5, 0.6) is 0 Å². The quantitative estimate of drug-likeness (QED) is 0.184. The Balaban J connectivity index is 1.20. The van der Waals surface area contributed by atoms with Gasteiger partial charge >= 0.3 is 0 Å². The largest absolute Gasteiger partial charge is 0.355 e. The summed E-state index contributed by atoms with van der Waals surface area (Å²) in [4.78, 5) is 0. The fraction of sp³-hybridized carbons (Fsp3) is 0. The van der Waals surface area contributed by atoms with Crippen LogP contribution in [0.3, 0.4) is 0 Å². The second-order valence-electron chi connectivity index (χ2n) is 12.7. The van der Waals surface area contributed by atoms with Crippen molar-refractivity contribution < 1.29 is 0 Å². The van der Waals surface area contributed by atoms with Crippen LogP contribution in [-0.4, -0.2) is 4.57 Å². The van der Waals surface area contributed by atoms with Gasteiger partial charge in [0.15, 0.2) is 0 Å². The summed E-state index contributed by atoms with van der Waals surface area (Å²) in [6, 6.07) is 71.7. The van der Waals surface area contributed by atoms with E-state index >= 15 is 0 Å². The van der Waals surface area contributed by atoms with E-state index in [-0.39, 0.29) is 0 Å². The number of aromatic nitrogens is 1. The molecule has 9 aromatic rings. The second kappa shape index (κ2) is 12.8. The maximum Gasteiger partial charge on any atom is 0.0547 e. The molecule has 1 N–H and O–H groups in total. The van der Waals surface area contributed by atoms with Crippen molar-refractivity contribution in [2.24, 2.45) is 0 Å². The summed E-state index contributed by atoms with van der Waals surface area (Å²) in [6.07, 6.45) is 0. The zero-order chi connectivity index (χ0) is 33.3. The minimum atomic E-state index is 1.07. The summed E-state index contributed by atoms with van der Waals surface area (Å²) in [5.41, 5.74) is 15.2. The van der Waals surface area contributed by atoms with E-state index in [1.165, 1.54) is 66.3 Å². The molecule has 50 heavy (non-hydrogen) atoms. The van der Waals surface area contributed by atoms with Crippen LogP contribution in [0.1, 0.15) is 0 Å². The first kappa shape index (κ1) is 29.5.